The van der Waals surface area contributed by atoms with Gasteiger partial charge in [0.2, 0.25) is 23.6 Å². The molecule has 0 aromatic carbocycles. The van der Waals surface area contributed by atoms with Gasteiger partial charge in [-0.2, -0.15) is 0 Å². The Kier molecular flexibility index (Phi) is 7.28. The molecule has 2 saturated heterocycles. The number of nitrogens with one attached hydrogen (secondary N) is 4. The van der Waals surface area contributed by atoms with Crippen LogP contribution in [0.25, 0.3) is 0 Å². The van der Waals surface area contributed by atoms with Gasteiger partial charge in [-0.3, -0.25) is 19.2 Å². The molecule has 2 aliphatic heterocycles. The number of carbonyl (C=O) groups is 4. The summed E-state index contributed by atoms with van der Waals surface area (Å²) in [5.74, 6) is -1.02. The summed E-state index contributed by atoms with van der Waals surface area (Å²) in [5.41, 5.74) is 0. The Morgan fingerprint density at radius 3 is 1.61 bits per heavy atom. The third kappa shape index (κ3) is 5.45. The quantitative estimate of drug-likeness (QED) is 0.553. The lowest BCUT2D eigenvalue weighted by molar-refractivity contribution is -0.135. The molecule has 1 aliphatic carbocycles. The van der Waals surface area contributed by atoms with Crippen molar-refractivity contribution in [2.24, 2.45) is 11.8 Å². The van der Waals surface area contributed by atoms with Crippen LogP contribution < -0.4 is 21.3 Å². The number of carbonyl (C=O) groups excluding carboxylic acids is 4. The van der Waals surface area contributed by atoms with Crippen molar-refractivity contribution in [3.8, 4) is 0 Å². The summed E-state index contributed by atoms with van der Waals surface area (Å²) in [7, 11) is 0. The molecule has 28 heavy (non-hydrogen) atoms. The average molecular weight is 393 g/mol. The van der Waals surface area contributed by atoms with Gasteiger partial charge in [-0.15, -0.1) is 0 Å². The molecule has 3 fully saturated rings. The molecule has 1 saturated carbocycles. The molecule has 0 bridgehead atoms. The first-order valence-corrected chi connectivity index (χ1v) is 10.7. The van der Waals surface area contributed by atoms with Gasteiger partial charge in [0.15, 0.2) is 0 Å². The van der Waals surface area contributed by atoms with Crippen molar-refractivity contribution in [1.29, 1.82) is 0 Å². The first-order valence-electron chi connectivity index (χ1n) is 10.7. The van der Waals surface area contributed by atoms with Crippen molar-refractivity contribution < 1.29 is 19.2 Å². The van der Waals surface area contributed by atoms with Crippen molar-refractivity contribution in [2.45, 2.75) is 76.3 Å². The minimum absolute atomic E-state index is 0.115. The third-order valence-electron chi connectivity index (χ3n) is 6.12. The monoisotopic (exact) mass is 392 g/mol. The van der Waals surface area contributed by atoms with Crippen molar-refractivity contribution in [3.63, 3.8) is 0 Å². The Hall–Kier alpha value is -2.12. The molecule has 8 heteroatoms. The van der Waals surface area contributed by atoms with Crippen molar-refractivity contribution in [3.05, 3.63) is 0 Å². The van der Waals surface area contributed by atoms with E-state index in [9.17, 15) is 19.2 Å². The van der Waals surface area contributed by atoms with Crippen LogP contribution in [-0.4, -0.2) is 48.8 Å². The van der Waals surface area contributed by atoms with Gasteiger partial charge in [-0.05, 0) is 57.8 Å². The van der Waals surface area contributed by atoms with E-state index in [1.165, 1.54) is 0 Å². The molecular formula is C20H32N4O4. The highest BCUT2D eigenvalue weighted by Crippen LogP contribution is 2.30. The van der Waals surface area contributed by atoms with E-state index >= 15 is 0 Å². The van der Waals surface area contributed by atoms with E-state index in [1.807, 2.05) is 0 Å². The van der Waals surface area contributed by atoms with Crippen LogP contribution in [-0.2, 0) is 19.2 Å². The summed E-state index contributed by atoms with van der Waals surface area (Å²) in [6.07, 6.45) is 7.71. The molecule has 2 heterocycles. The van der Waals surface area contributed by atoms with E-state index in [0.29, 0.717) is 32.4 Å². The summed E-state index contributed by atoms with van der Waals surface area (Å²) in [5, 5.41) is 11.4. The van der Waals surface area contributed by atoms with Crippen LogP contribution in [0, 0.1) is 11.8 Å². The molecule has 4 amide bonds. The Balaban J connectivity index is 1.52. The molecule has 8 nitrogen and oxygen atoms in total. The molecule has 0 aromatic rings. The van der Waals surface area contributed by atoms with Crippen LogP contribution in [0.5, 0.6) is 0 Å². The molecule has 3 rings (SSSR count). The first kappa shape index (κ1) is 20.6. The van der Waals surface area contributed by atoms with E-state index in [-0.39, 0.29) is 35.5 Å². The molecule has 156 valence electrons. The molecule has 3 aliphatic rings. The van der Waals surface area contributed by atoms with Crippen molar-refractivity contribution >= 4 is 23.6 Å². The summed E-state index contributed by atoms with van der Waals surface area (Å²) in [6, 6.07) is -0.947. The van der Waals surface area contributed by atoms with Crippen molar-refractivity contribution in [2.75, 3.05) is 13.1 Å². The predicted octanol–water partition coefficient (Wildman–Crippen LogP) is 0.363. The highest BCUT2D eigenvalue weighted by atomic mass is 16.2. The zero-order chi connectivity index (χ0) is 19.9. The molecule has 4 unspecified atom stereocenters. The largest absolute Gasteiger partial charge is 0.354 e. The Morgan fingerprint density at radius 1 is 0.679 bits per heavy atom. The maximum atomic E-state index is 12.7. The summed E-state index contributed by atoms with van der Waals surface area (Å²) in [4.78, 5) is 49.5. The third-order valence-corrected chi connectivity index (χ3v) is 6.12. The maximum Gasteiger partial charge on any atom is 0.242 e. The van der Waals surface area contributed by atoms with Crippen LogP contribution >= 0.6 is 0 Å². The van der Waals surface area contributed by atoms with E-state index in [1.54, 1.807) is 0 Å². The van der Waals surface area contributed by atoms with Gasteiger partial charge in [-0.25, -0.2) is 0 Å². The molecule has 0 radical (unpaired) electrons. The molecule has 4 N–H and O–H groups in total. The number of rotatable bonds is 4. The maximum absolute atomic E-state index is 12.7. The highest BCUT2D eigenvalue weighted by molar-refractivity contribution is 5.90. The summed E-state index contributed by atoms with van der Waals surface area (Å²) < 4.78 is 0. The zero-order valence-corrected chi connectivity index (χ0v) is 16.4. The van der Waals surface area contributed by atoms with Gasteiger partial charge >= 0.3 is 0 Å². The molecule has 0 spiro atoms. The molecule has 4 atom stereocenters. The lowest BCUT2D eigenvalue weighted by Crippen LogP contribution is -2.50. The Labute approximate surface area is 166 Å². The normalized spacial score (nSPS) is 31.6. The van der Waals surface area contributed by atoms with Crippen molar-refractivity contribution in [1.82, 2.24) is 21.3 Å². The fourth-order valence-corrected chi connectivity index (χ4v) is 4.40. The number of amides is 4. The molecule has 0 aromatic heterocycles. The average Bonchev–Trinajstić information content (AvgIpc) is 3.02. The fraction of sp³-hybridized carbons (Fsp3) is 0.800. The van der Waals surface area contributed by atoms with Gasteiger partial charge in [0.1, 0.15) is 12.1 Å². The van der Waals surface area contributed by atoms with Gasteiger partial charge in [0.05, 0.1) is 0 Å². The van der Waals surface area contributed by atoms with E-state index in [2.05, 4.69) is 21.3 Å². The minimum Gasteiger partial charge on any atom is -0.354 e. The van der Waals surface area contributed by atoms with E-state index in [4.69, 9.17) is 0 Å². The van der Waals surface area contributed by atoms with Crippen LogP contribution in [0.15, 0.2) is 0 Å². The zero-order valence-electron chi connectivity index (χ0n) is 16.4. The fourth-order valence-electron chi connectivity index (χ4n) is 4.40. The number of hydrogen-bond donors (Lipinski definition) is 4. The van der Waals surface area contributed by atoms with Gasteiger partial charge in [0.25, 0.3) is 0 Å². The van der Waals surface area contributed by atoms with Gasteiger partial charge in [0, 0.05) is 24.9 Å². The van der Waals surface area contributed by atoms with Gasteiger partial charge in [-0.1, -0.05) is 6.42 Å². The van der Waals surface area contributed by atoms with Gasteiger partial charge < -0.3 is 21.3 Å². The Morgan fingerprint density at radius 2 is 1.14 bits per heavy atom. The van der Waals surface area contributed by atoms with Crippen LogP contribution in [0.2, 0.25) is 0 Å². The summed E-state index contributed by atoms with van der Waals surface area (Å²) in [6.45, 7) is 1.32. The second-order valence-electron chi connectivity index (χ2n) is 8.26. The number of hydrogen-bond acceptors (Lipinski definition) is 4. The Bertz CT molecular complexity index is 559. The second-order valence-corrected chi connectivity index (χ2v) is 8.26. The van der Waals surface area contributed by atoms with E-state index in [0.717, 1.165) is 44.9 Å². The van der Waals surface area contributed by atoms with E-state index < -0.39 is 12.1 Å². The predicted molar refractivity (Wildman–Crippen MR) is 103 cm³/mol. The van der Waals surface area contributed by atoms with Crippen LogP contribution in [0.4, 0.5) is 0 Å². The first-order chi connectivity index (χ1) is 13.5. The smallest absolute Gasteiger partial charge is 0.242 e. The standard InChI is InChI=1S/C20H32N4O4/c25-17(23-15-8-1-3-10-21-19(15)27)13-6-5-7-14(12-13)18(26)24-16-9-2-4-11-22-20(16)28/h13-16H,1-12H2,(H,21,27)(H,22,28)(H,23,25)(H,24,26). The summed E-state index contributed by atoms with van der Waals surface area (Å²) >= 11 is 0. The molecular weight excluding hydrogens is 360 g/mol. The SMILES string of the molecule is O=C(NC1CCCCNC1=O)C1CCCC(C(=O)NC2CCCCNC2=O)C1. The topological polar surface area (TPSA) is 116 Å². The highest BCUT2D eigenvalue weighted by Gasteiger charge is 2.34. The lowest BCUT2D eigenvalue weighted by atomic mass is 9.80. The van der Waals surface area contributed by atoms with Crippen LogP contribution in [0.3, 0.4) is 0 Å². The lowest BCUT2D eigenvalue weighted by Gasteiger charge is -2.29. The van der Waals surface area contributed by atoms with Crippen LogP contribution in [0.1, 0.15) is 64.2 Å². The second kappa shape index (κ2) is 9.89. The minimum atomic E-state index is -0.473.